The fourth-order valence-electron chi connectivity index (χ4n) is 2.17. The molecule has 3 rings (SSSR count). The van der Waals surface area contributed by atoms with Crippen LogP contribution >= 0.6 is 11.6 Å². The molecule has 0 spiro atoms. The van der Waals surface area contributed by atoms with E-state index in [-0.39, 0.29) is 5.91 Å². The van der Waals surface area contributed by atoms with Crippen LogP contribution in [0, 0.1) is 0 Å². The predicted octanol–water partition coefficient (Wildman–Crippen LogP) is 3.75. The van der Waals surface area contributed by atoms with E-state index < -0.39 is 0 Å². The van der Waals surface area contributed by atoms with Crippen LogP contribution in [0.3, 0.4) is 0 Å². The van der Waals surface area contributed by atoms with E-state index in [1.807, 2.05) is 30.3 Å². The van der Waals surface area contributed by atoms with Gasteiger partial charge in [-0.1, -0.05) is 35.9 Å². The van der Waals surface area contributed by atoms with Gasteiger partial charge in [0.2, 0.25) is 0 Å². The Bertz CT molecular complexity index is 784. The second kappa shape index (κ2) is 5.58. The quantitative estimate of drug-likeness (QED) is 0.692. The van der Waals surface area contributed by atoms with Crippen molar-refractivity contribution < 1.29 is 9.21 Å². The fraction of sp³-hybridized carbons (Fsp3) is 0.125. The van der Waals surface area contributed by atoms with Crippen molar-refractivity contribution in [2.45, 2.75) is 6.54 Å². The Hall–Kier alpha value is -2.33. The van der Waals surface area contributed by atoms with Crippen molar-refractivity contribution in [1.82, 2.24) is 9.88 Å². The highest BCUT2D eigenvalue weighted by Crippen LogP contribution is 2.23. The number of furan rings is 1. The van der Waals surface area contributed by atoms with Crippen LogP contribution in [0.25, 0.3) is 10.8 Å². The van der Waals surface area contributed by atoms with Gasteiger partial charge in [0.1, 0.15) is 16.6 Å². The van der Waals surface area contributed by atoms with Gasteiger partial charge in [0, 0.05) is 12.4 Å². The molecule has 0 saturated carbocycles. The summed E-state index contributed by atoms with van der Waals surface area (Å²) in [5, 5.41) is 2.07. The molecule has 0 radical (unpaired) electrons. The number of rotatable bonds is 3. The van der Waals surface area contributed by atoms with Gasteiger partial charge >= 0.3 is 0 Å². The number of hydrogen-bond acceptors (Lipinski definition) is 3. The van der Waals surface area contributed by atoms with Crippen molar-refractivity contribution in [3.8, 4) is 0 Å². The first-order valence-electron chi connectivity index (χ1n) is 6.48. The highest BCUT2D eigenvalue weighted by molar-refractivity contribution is 6.34. The first kappa shape index (κ1) is 13.6. The Balaban J connectivity index is 1.90. The molecule has 0 saturated heterocycles. The Labute approximate surface area is 127 Å². The zero-order valence-corrected chi connectivity index (χ0v) is 12.2. The van der Waals surface area contributed by atoms with Crippen LogP contribution in [0.4, 0.5) is 0 Å². The third-order valence-electron chi connectivity index (χ3n) is 3.23. The molecule has 5 heteroatoms. The van der Waals surface area contributed by atoms with E-state index in [9.17, 15) is 4.79 Å². The number of carbonyl (C=O) groups excluding carboxylic acids is 1. The molecule has 0 atom stereocenters. The van der Waals surface area contributed by atoms with Gasteiger partial charge < -0.3 is 9.32 Å². The van der Waals surface area contributed by atoms with E-state index in [1.54, 1.807) is 30.3 Å². The van der Waals surface area contributed by atoms with E-state index in [2.05, 4.69) is 4.98 Å². The summed E-state index contributed by atoms with van der Waals surface area (Å²) in [5.74, 6) is 0.525. The Kier molecular flexibility index (Phi) is 3.62. The molecule has 0 aliphatic heterocycles. The summed E-state index contributed by atoms with van der Waals surface area (Å²) in [5.41, 5.74) is 0.327. The minimum Gasteiger partial charge on any atom is -0.467 e. The van der Waals surface area contributed by atoms with E-state index in [1.165, 1.54) is 0 Å². The van der Waals surface area contributed by atoms with Crippen LogP contribution in [-0.4, -0.2) is 22.8 Å². The minimum absolute atomic E-state index is 0.195. The van der Waals surface area contributed by atoms with E-state index in [4.69, 9.17) is 16.0 Å². The van der Waals surface area contributed by atoms with Crippen LogP contribution in [-0.2, 0) is 6.54 Å². The number of hydrogen-bond donors (Lipinski definition) is 0. The van der Waals surface area contributed by atoms with Crippen molar-refractivity contribution in [2.24, 2.45) is 0 Å². The van der Waals surface area contributed by atoms with Crippen molar-refractivity contribution in [2.75, 3.05) is 7.05 Å². The van der Waals surface area contributed by atoms with Crippen LogP contribution in [0.15, 0.2) is 53.1 Å². The second-order valence-corrected chi connectivity index (χ2v) is 5.12. The third kappa shape index (κ3) is 2.76. The van der Waals surface area contributed by atoms with Gasteiger partial charge in [-0.25, -0.2) is 4.98 Å². The summed E-state index contributed by atoms with van der Waals surface area (Å²) in [4.78, 5) is 18.2. The fourth-order valence-corrected chi connectivity index (χ4v) is 2.43. The smallest absolute Gasteiger partial charge is 0.272 e. The molecule has 0 fully saturated rings. The maximum absolute atomic E-state index is 12.4. The number of carbonyl (C=O) groups is 1. The molecule has 0 unspecified atom stereocenters. The van der Waals surface area contributed by atoms with Gasteiger partial charge in [0.25, 0.3) is 5.91 Å². The van der Waals surface area contributed by atoms with Crippen molar-refractivity contribution in [3.63, 3.8) is 0 Å². The molecule has 0 N–H and O–H groups in total. The molecule has 1 aromatic carbocycles. The molecule has 2 aromatic heterocycles. The van der Waals surface area contributed by atoms with Crippen molar-refractivity contribution in [1.29, 1.82) is 0 Å². The topological polar surface area (TPSA) is 46.3 Å². The Morgan fingerprint density at radius 3 is 2.86 bits per heavy atom. The molecule has 106 valence electrons. The van der Waals surface area contributed by atoms with Crippen LogP contribution < -0.4 is 0 Å². The Morgan fingerprint density at radius 2 is 2.10 bits per heavy atom. The molecule has 4 nitrogen and oxygen atoms in total. The number of aromatic nitrogens is 1. The molecule has 0 aliphatic carbocycles. The molecule has 0 bridgehead atoms. The lowest BCUT2D eigenvalue weighted by molar-refractivity contribution is 0.0770. The first-order chi connectivity index (χ1) is 10.1. The molecule has 3 aromatic rings. The summed E-state index contributed by atoms with van der Waals surface area (Å²) in [6, 6.07) is 12.9. The number of pyridine rings is 1. The van der Waals surface area contributed by atoms with Gasteiger partial charge in [0.05, 0.1) is 12.8 Å². The summed E-state index contributed by atoms with van der Waals surface area (Å²) in [6.07, 6.45) is 1.58. The zero-order valence-electron chi connectivity index (χ0n) is 11.4. The SMILES string of the molecule is CN(Cc1ccco1)C(=O)c1cc2ccccc2c(Cl)n1. The van der Waals surface area contributed by atoms with Gasteiger partial charge in [-0.3, -0.25) is 4.79 Å². The maximum atomic E-state index is 12.4. The molecular formula is C16H13ClN2O2. The van der Waals surface area contributed by atoms with Crippen molar-refractivity contribution >= 4 is 28.3 Å². The molecule has 1 amide bonds. The lowest BCUT2D eigenvalue weighted by atomic mass is 10.1. The minimum atomic E-state index is -0.195. The predicted molar refractivity (Wildman–Crippen MR) is 81.3 cm³/mol. The normalized spacial score (nSPS) is 10.8. The maximum Gasteiger partial charge on any atom is 0.272 e. The number of nitrogens with zero attached hydrogens (tertiary/aromatic N) is 2. The first-order valence-corrected chi connectivity index (χ1v) is 6.86. The second-order valence-electron chi connectivity index (χ2n) is 4.76. The number of halogens is 1. The summed E-state index contributed by atoms with van der Waals surface area (Å²) in [6.45, 7) is 0.387. The van der Waals surface area contributed by atoms with Gasteiger partial charge in [0.15, 0.2) is 0 Å². The highest BCUT2D eigenvalue weighted by Gasteiger charge is 2.16. The third-order valence-corrected chi connectivity index (χ3v) is 3.52. The molecular weight excluding hydrogens is 288 g/mol. The van der Waals surface area contributed by atoms with Gasteiger partial charge in [-0.05, 0) is 23.6 Å². The van der Waals surface area contributed by atoms with E-state index in [0.717, 1.165) is 16.5 Å². The van der Waals surface area contributed by atoms with Crippen LogP contribution in [0.2, 0.25) is 5.15 Å². The number of amides is 1. The number of fused-ring (bicyclic) bond motifs is 1. The van der Waals surface area contributed by atoms with E-state index in [0.29, 0.717) is 17.4 Å². The largest absolute Gasteiger partial charge is 0.467 e. The zero-order chi connectivity index (χ0) is 14.8. The lowest BCUT2D eigenvalue weighted by Crippen LogP contribution is -2.26. The van der Waals surface area contributed by atoms with E-state index >= 15 is 0 Å². The lowest BCUT2D eigenvalue weighted by Gasteiger charge is -2.15. The average Bonchev–Trinajstić information content (AvgIpc) is 2.99. The van der Waals surface area contributed by atoms with Gasteiger partial charge in [-0.2, -0.15) is 0 Å². The van der Waals surface area contributed by atoms with Gasteiger partial charge in [-0.15, -0.1) is 0 Å². The summed E-state index contributed by atoms with van der Waals surface area (Å²) < 4.78 is 5.24. The number of benzene rings is 1. The van der Waals surface area contributed by atoms with Crippen molar-refractivity contribution in [3.05, 3.63) is 65.3 Å². The average molecular weight is 301 g/mol. The molecule has 2 heterocycles. The van der Waals surface area contributed by atoms with Crippen LogP contribution in [0.1, 0.15) is 16.2 Å². The standard InChI is InChI=1S/C16H13ClN2O2/c1-19(10-12-6-4-8-21-12)16(20)14-9-11-5-2-3-7-13(11)15(17)18-14/h2-9H,10H2,1H3. The highest BCUT2D eigenvalue weighted by atomic mass is 35.5. The monoisotopic (exact) mass is 300 g/mol. The summed E-state index contributed by atoms with van der Waals surface area (Å²) >= 11 is 6.15. The molecule has 21 heavy (non-hydrogen) atoms. The van der Waals surface area contributed by atoms with Crippen LogP contribution in [0.5, 0.6) is 0 Å². The molecule has 0 aliphatic rings. The Morgan fingerprint density at radius 1 is 1.29 bits per heavy atom. The summed E-state index contributed by atoms with van der Waals surface area (Å²) in [7, 11) is 1.70.